The maximum Gasteiger partial charge on any atom is 0.241 e. The van der Waals surface area contributed by atoms with E-state index in [9.17, 15) is 9.59 Å². The molecule has 10 nitrogen and oxygen atoms in total. The van der Waals surface area contributed by atoms with Gasteiger partial charge >= 0.3 is 0 Å². The molecular formula is C22H28N8O2. The summed E-state index contributed by atoms with van der Waals surface area (Å²) < 4.78 is 0. The highest BCUT2D eigenvalue weighted by Gasteiger charge is 2.53. The second-order valence-electron chi connectivity index (χ2n) is 9.07. The number of carbonyl (C=O) groups is 2. The minimum absolute atomic E-state index is 0.135. The molecule has 1 spiro atoms. The van der Waals surface area contributed by atoms with Crippen LogP contribution in [0.2, 0.25) is 0 Å². The van der Waals surface area contributed by atoms with Crippen molar-refractivity contribution in [1.29, 1.82) is 0 Å². The van der Waals surface area contributed by atoms with Crippen molar-refractivity contribution in [2.75, 3.05) is 25.0 Å². The lowest BCUT2D eigenvalue weighted by Crippen LogP contribution is -2.53. The number of allylic oxidation sites excluding steroid dienone is 1. The van der Waals surface area contributed by atoms with Gasteiger partial charge in [0.2, 0.25) is 11.9 Å². The Labute approximate surface area is 186 Å². The molecule has 2 aromatic rings. The number of fused-ring (bicyclic) bond motifs is 2. The Kier molecular flexibility index (Phi) is 5.16. The number of carbonyl (C=O) groups excluding carboxylic acids is 2. The number of hydrogen-bond donors (Lipinski definition) is 3. The van der Waals surface area contributed by atoms with Gasteiger partial charge in [0.1, 0.15) is 5.41 Å². The Balaban J connectivity index is 1.49. The van der Waals surface area contributed by atoms with E-state index < -0.39 is 5.41 Å². The van der Waals surface area contributed by atoms with Crippen LogP contribution in [0.15, 0.2) is 24.3 Å². The van der Waals surface area contributed by atoms with Crippen molar-refractivity contribution in [2.24, 2.45) is 11.7 Å². The van der Waals surface area contributed by atoms with Crippen LogP contribution >= 0.6 is 0 Å². The first-order chi connectivity index (χ1) is 15.5. The number of likely N-dealkylation sites (tertiary alicyclic amines) is 1. The number of amides is 1. The van der Waals surface area contributed by atoms with Gasteiger partial charge in [0, 0.05) is 44.1 Å². The van der Waals surface area contributed by atoms with Crippen molar-refractivity contribution in [2.45, 2.75) is 44.7 Å². The van der Waals surface area contributed by atoms with Crippen LogP contribution in [0.25, 0.3) is 0 Å². The van der Waals surface area contributed by atoms with Gasteiger partial charge in [0.25, 0.3) is 0 Å². The molecule has 0 bridgehead atoms. The van der Waals surface area contributed by atoms with Gasteiger partial charge in [-0.25, -0.2) is 9.97 Å². The van der Waals surface area contributed by atoms with E-state index in [2.05, 4.69) is 25.4 Å². The molecule has 2 aliphatic heterocycles. The van der Waals surface area contributed by atoms with Crippen LogP contribution in [0, 0.1) is 12.8 Å². The van der Waals surface area contributed by atoms with E-state index in [1.165, 1.54) is 23.9 Å². The first kappa shape index (κ1) is 20.6. The molecule has 10 heteroatoms. The number of rotatable bonds is 7. The average Bonchev–Trinajstić information content (AvgIpc) is 3.41. The Morgan fingerprint density at radius 3 is 2.94 bits per heavy atom. The molecule has 1 aliphatic carbocycles. The summed E-state index contributed by atoms with van der Waals surface area (Å²) in [6.07, 6.45) is 8.48. The first-order valence-corrected chi connectivity index (χ1v) is 11.0. The number of nitrogens with zero attached hydrogens (tertiary/aromatic N) is 5. The zero-order chi connectivity index (χ0) is 22.3. The fraction of sp³-hybridized carbons (Fsp3) is 0.500. The minimum Gasteiger partial charge on any atom is -0.403 e. The zero-order valence-corrected chi connectivity index (χ0v) is 18.2. The van der Waals surface area contributed by atoms with Crippen LogP contribution < -0.4 is 11.1 Å². The van der Waals surface area contributed by atoms with Crippen LogP contribution in [-0.4, -0.2) is 61.8 Å². The molecule has 0 aromatic carbocycles. The van der Waals surface area contributed by atoms with Crippen LogP contribution in [-0.2, 0) is 28.1 Å². The van der Waals surface area contributed by atoms with Gasteiger partial charge in [-0.3, -0.25) is 19.6 Å². The summed E-state index contributed by atoms with van der Waals surface area (Å²) in [5.74, 6) is 1.11. The highest BCUT2D eigenvalue weighted by molar-refractivity contribution is 5.95. The number of aryl methyl sites for hydroxylation is 1. The molecule has 1 saturated heterocycles. The van der Waals surface area contributed by atoms with E-state index in [-0.39, 0.29) is 18.1 Å². The molecular weight excluding hydrogens is 408 g/mol. The van der Waals surface area contributed by atoms with Gasteiger partial charge in [0.15, 0.2) is 6.29 Å². The highest BCUT2D eigenvalue weighted by atomic mass is 16.2. The molecule has 0 unspecified atom stereocenters. The lowest BCUT2D eigenvalue weighted by molar-refractivity contribution is -0.138. The third-order valence-corrected chi connectivity index (χ3v) is 6.81. The molecule has 1 atom stereocenters. The third kappa shape index (κ3) is 3.54. The van der Waals surface area contributed by atoms with Gasteiger partial charge in [-0.1, -0.05) is 0 Å². The van der Waals surface area contributed by atoms with Gasteiger partial charge in [-0.2, -0.15) is 5.10 Å². The maximum absolute atomic E-state index is 13.8. The van der Waals surface area contributed by atoms with Crippen molar-refractivity contribution >= 4 is 18.1 Å². The van der Waals surface area contributed by atoms with Gasteiger partial charge in [0.05, 0.1) is 29.8 Å². The first-order valence-electron chi connectivity index (χ1n) is 11.0. The number of nitrogens with one attached hydrogen (secondary N) is 2. The van der Waals surface area contributed by atoms with Crippen LogP contribution in [0.3, 0.4) is 0 Å². The Bertz CT molecular complexity index is 1080. The third-order valence-electron chi connectivity index (χ3n) is 6.81. The summed E-state index contributed by atoms with van der Waals surface area (Å²) in [6, 6.07) is 0. The summed E-state index contributed by atoms with van der Waals surface area (Å²) in [7, 11) is 0. The van der Waals surface area contributed by atoms with Crippen LogP contribution in [0.1, 0.15) is 41.8 Å². The number of hydrogen-bond acceptors (Lipinski definition) is 8. The fourth-order valence-electron chi connectivity index (χ4n) is 4.73. The van der Waals surface area contributed by atoms with E-state index in [1.54, 1.807) is 12.4 Å². The molecule has 4 N–H and O–H groups in total. The summed E-state index contributed by atoms with van der Waals surface area (Å²) in [6.45, 7) is 5.00. The van der Waals surface area contributed by atoms with Crippen molar-refractivity contribution in [3.05, 3.63) is 46.8 Å². The van der Waals surface area contributed by atoms with Crippen molar-refractivity contribution in [1.82, 2.24) is 30.0 Å². The molecule has 5 rings (SSSR count). The second-order valence-corrected chi connectivity index (χ2v) is 9.07. The Morgan fingerprint density at radius 2 is 2.25 bits per heavy atom. The average molecular weight is 437 g/mol. The van der Waals surface area contributed by atoms with E-state index in [0.717, 1.165) is 35.6 Å². The van der Waals surface area contributed by atoms with Crippen LogP contribution in [0.4, 0.5) is 5.95 Å². The molecule has 2 fully saturated rings. The van der Waals surface area contributed by atoms with Gasteiger partial charge in [-0.15, -0.1) is 0 Å². The molecule has 3 aliphatic rings. The summed E-state index contributed by atoms with van der Waals surface area (Å²) in [4.78, 5) is 38.5. The van der Waals surface area contributed by atoms with Crippen LogP contribution in [0.5, 0.6) is 0 Å². The minimum atomic E-state index is -0.849. The largest absolute Gasteiger partial charge is 0.403 e. The van der Waals surface area contributed by atoms with E-state index in [1.807, 2.05) is 6.92 Å². The number of aromatic nitrogens is 4. The molecule has 0 radical (unpaired) electrons. The fourth-order valence-corrected chi connectivity index (χ4v) is 4.73. The molecule has 32 heavy (non-hydrogen) atoms. The highest BCUT2D eigenvalue weighted by Crippen LogP contribution is 2.42. The zero-order valence-electron chi connectivity index (χ0n) is 18.2. The predicted octanol–water partition coefficient (Wildman–Crippen LogP) is 0.815. The summed E-state index contributed by atoms with van der Waals surface area (Å²) >= 11 is 0. The van der Waals surface area contributed by atoms with E-state index >= 15 is 0 Å². The van der Waals surface area contributed by atoms with E-state index in [0.29, 0.717) is 37.7 Å². The smallest absolute Gasteiger partial charge is 0.241 e. The topological polar surface area (TPSA) is 133 Å². The molecule has 1 amide bonds. The quantitative estimate of drug-likeness (QED) is 0.429. The number of anilines is 1. The number of aldehydes is 1. The van der Waals surface area contributed by atoms with Gasteiger partial charge < -0.3 is 16.0 Å². The number of aromatic amines is 1. The molecule has 1 saturated carbocycles. The van der Waals surface area contributed by atoms with Crippen molar-refractivity contribution < 1.29 is 9.59 Å². The number of nitrogens with two attached hydrogens (primary N) is 1. The normalized spacial score (nSPS) is 23.6. The molecule has 168 valence electrons. The lowest BCUT2D eigenvalue weighted by atomic mass is 9.77. The van der Waals surface area contributed by atoms with E-state index in [4.69, 9.17) is 10.7 Å². The van der Waals surface area contributed by atoms with Crippen molar-refractivity contribution in [3.63, 3.8) is 0 Å². The standard InChI is InChI=1S/C22H28N8O2/c1-14-7-26-28-18(14)11-29-5-4-22(13-29)19-16(10-30(20(22)32)17(6-23)12-31)9-25-21(27-19)24-8-15-2-3-15/h6-7,9,12,15H,2-5,8,10-11,13,23H2,1H3,(H,26,28)(H,24,25,27)/t22-/m0/s1. The van der Waals surface area contributed by atoms with Gasteiger partial charge in [-0.05, 0) is 37.7 Å². The monoisotopic (exact) mass is 436 g/mol. The maximum atomic E-state index is 13.8. The second kappa shape index (κ2) is 8.01. The summed E-state index contributed by atoms with van der Waals surface area (Å²) in [5, 5.41) is 10.5. The molecule has 4 heterocycles. The predicted molar refractivity (Wildman–Crippen MR) is 117 cm³/mol. The molecule has 2 aromatic heterocycles. The SMILES string of the molecule is Cc1cn[nH]c1CN1CC[C@@]2(C1)C(=O)N(C(C=O)=CN)Cc1cnc(NCC3CC3)nc12. The lowest BCUT2D eigenvalue weighted by Gasteiger charge is -2.39. The Hall–Kier alpha value is -3.27. The Morgan fingerprint density at radius 1 is 1.41 bits per heavy atom. The van der Waals surface area contributed by atoms with Crippen molar-refractivity contribution in [3.8, 4) is 0 Å². The number of H-pyrrole nitrogens is 1. The summed E-state index contributed by atoms with van der Waals surface area (Å²) in [5.41, 5.74) is 8.72.